The number of nitrogens with two attached hydrogens (primary N) is 3. The highest BCUT2D eigenvalue weighted by molar-refractivity contribution is 5.94. The first-order valence-electron chi connectivity index (χ1n) is 10.5. The van der Waals surface area contributed by atoms with Gasteiger partial charge >= 0.3 is 11.9 Å². The average molecular weight is 461 g/mol. The number of amides is 3. The molecule has 3 amide bonds. The third-order valence-corrected chi connectivity index (χ3v) is 4.63. The normalized spacial score (nSPS) is 14.5. The van der Waals surface area contributed by atoms with Gasteiger partial charge in [-0.1, -0.05) is 6.42 Å². The number of hydrogen-bond acceptors (Lipinski definition) is 8. The number of carboxylic acids is 2. The van der Waals surface area contributed by atoms with Crippen molar-refractivity contribution in [2.75, 3.05) is 13.1 Å². The summed E-state index contributed by atoms with van der Waals surface area (Å²) in [5, 5.41) is 24.8. The van der Waals surface area contributed by atoms with Gasteiger partial charge in [-0.25, -0.2) is 4.79 Å². The maximum Gasteiger partial charge on any atom is 0.326 e. The number of nitrogens with one attached hydrogen (secondary N) is 3. The molecule has 0 heterocycles. The molecule has 0 spiro atoms. The molecule has 32 heavy (non-hydrogen) atoms. The second-order valence-corrected chi connectivity index (χ2v) is 7.46. The van der Waals surface area contributed by atoms with Crippen molar-refractivity contribution >= 4 is 29.7 Å². The van der Waals surface area contributed by atoms with Gasteiger partial charge in [-0.3, -0.25) is 19.2 Å². The summed E-state index contributed by atoms with van der Waals surface area (Å²) in [6, 6.07) is -4.62. The molecule has 0 fully saturated rings. The van der Waals surface area contributed by atoms with Gasteiger partial charge in [0.1, 0.15) is 18.1 Å². The van der Waals surface area contributed by atoms with E-state index in [1.807, 2.05) is 0 Å². The van der Waals surface area contributed by atoms with Crippen LogP contribution in [0.5, 0.6) is 0 Å². The zero-order chi connectivity index (χ0) is 24.7. The van der Waals surface area contributed by atoms with E-state index in [2.05, 4.69) is 16.0 Å². The van der Waals surface area contributed by atoms with E-state index in [1.54, 1.807) is 0 Å². The van der Waals surface area contributed by atoms with Gasteiger partial charge in [-0.15, -0.1) is 0 Å². The van der Waals surface area contributed by atoms with Crippen molar-refractivity contribution in [2.24, 2.45) is 17.2 Å². The molecule has 184 valence electrons. The van der Waals surface area contributed by atoms with Crippen molar-refractivity contribution in [1.29, 1.82) is 0 Å². The Morgan fingerprint density at radius 3 is 1.78 bits per heavy atom. The molecule has 0 saturated heterocycles. The molecular weight excluding hydrogens is 424 g/mol. The summed E-state index contributed by atoms with van der Waals surface area (Å²) in [7, 11) is 0. The summed E-state index contributed by atoms with van der Waals surface area (Å²) in [6.45, 7) is 2.19. The Labute approximate surface area is 186 Å². The van der Waals surface area contributed by atoms with Gasteiger partial charge in [0.25, 0.3) is 0 Å². The van der Waals surface area contributed by atoms with Crippen LogP contribution in [0.2, 0.25) is 0 Å². The molecular formula is C19H36N6O7. The van der Waals surface area contributed by atoms with Gasteiger partial charge in [-0.05, 0) is 52.1 Å². The predicted molar refractivity (Wildman–Crippen MR) is 115 cm³/mol. The largest absolute Gasteiger partial charge is 0.481 e. The zero-order valence-corrected chi connectivity index (χ0v) is 18.3. The second kappa shape index (κ2) is 15.9. The number of aliphatic carboxylic acids is 2. The molecule has 0 aliphatic rings. The van der Waals surface area contributed by atoms with E-state index in [4.69, 9.17) is 27.4 Å². The third kappa shape index (κ3) is 12.2. The smallest absolute Gasteiger partial charge is 0.326 e. The number of carbonyl (C=O) groups excluding carboxylic acids is 3. The van der Waals surface area contributed by atoms with Gasteiger partial charge in [0.2, 0.25) is 17.7 Å². The minimum Gasteiger partial charge on any atom is -0.481 e. The fourth-order valence-corrected chi connectivity index (χ4v) is 2.73. The number of rotatable bonds is 17. The average Bonchev–Trinajstić information content (AvgIpc) is 2.71. The molecule has 4 atom stereocenters. The zero-order valence-electron chi connectivity index (χ0n) is 18.3. The maximum atomic E-state index is 12.7. The maximum absolute atomic E-state index is 12.7. The van der Waals surface area contributed by atoms with Crippen LogP contribution in [0.1, 0.15) is 51.9 Å². The van der Waals surface area contributed by atoms with Crippen molar-refractivity contribution in [3.8, 4) is 0 Å². The van der Waals surface area contributed by atoms with Crippen molar-refractivity contribution in [1.82, 2.24) is 16.0 Å². The summed E-state index contributed by atoms with van der Waals surface area (Å²) in [5.74, 6) is -4.97. The topological polar surface area (TPSA) is 240 Å². The van der Waals surface area contributed by atoms with Crippen LogP contribution in [-0.2, 0) is 24.0 Å². The summed E-state index contributed by atoms with van der Waals surface area (Å²) in [6.07, 6.45) is 2.38. The van der Waals surface area contributed by atoms with Crippen molar-refractivity contribution in [2.45, 2.75) is 76.0 Å². The van der Waals surface area contributed by atoms with Crippen LogP contribution in [-0.4, -0.2) is 77.1 Å². The quantitative estimate of drug-likeness (QED) is 0.107. The van der Waals surface area contributed by atoms with Gasteiger partial charge in [0.15, 0.2) is 0 Å². The first-order chi connectivity index (χ1) is 15.0. The SMILES string of the molecule is CC(NC(=O)C(CCCCN)NC(=O)C(N)CCCCN)C(=O)NC(CC(=O)O)C(=O)O. The fraction of sp³-hybridized carbons (Fsp3) is 0.737. The lowest BCUT2D eigenvalue weighted by atomic mass is 10.1. The molecule has 0 aliphatic heterocycles. The van der Waals surface area contributed by atoms with Crippen molar-refractivity contribution in [3.05, 3.63) is 0 Å². The van der Waals surface area contributed by atoms with E-state index in [9.17, 15) is 24.0 Å². The Morgan fingerprint density at radius 2 is 1.28 bits per heavy atom. The van der Waals surface area contributed by atoms with E-state index < -0.39 is 60.2 Å². The first-order valence-corrected chi connectivity index (χ1v) is 10.5. The minimum atomic E-state index is -1.65. The lowest BCUT2D eigenvalue weighted by Crippen LogP contribution is -2.56. The van der Waals surface area contributed by atoms with E-state index >= 15 is 0 Å². The molecule has 4 unspecified atom stereocenters. The Balaban J connectivity index is 5.03. The minimum absolute atomic E-state index is 0.259. The van der Waals surface area contributed by atoms with E-state index in [1.165, 1.54) is 6.92 Å². The second-order valence-electron chi connectivity index (χ2n) is 7.46. The van der Waals surface area contributed by atoms with E-state index in [-0.39, 0.29) is 6.42 Å². The van der Waals surface area contributed by atoms with E-state index in [0.717, 1.165) is 0 Å². The van der Waals surface area contributed by atoms with E-state index in [0.29, 0.717) is 45.2 Å². The van der Waals surface area contributed by atoms with Crippen LogP contribution < -0.4 is 33.2 Å². The van der Waals surface area contributed by atoms with Crippen LogP contribution in [0, 0.1) is 0 Å². The lowest BCUT2D eigenvalue weighted by molar-refractivity contribution is -0.147. The molecule has 0 aromatic rings. The molecule has 0 rings (SSSR count). The molecule has 13 nitrogen and oxygen atoms in total. The molecule has 0 aliphatic carbocycles. The highest BCUT2D eigenvalue weighted by Gasteiger charge is 2.29. The Morgan fingerprint density at radius 1 is 0.750 bits per heavy atom. The van der Waals surface area contributed by atoms with Crippen LogP contribution in [0.25, 0.3) is 0 Å². The fourth-order valence-electron chi connectivity index (χ4n) is 2.73. The van der Waals surface area contributed by atoms with Gasteiger partial charge < -0.3 is 43.4 Å². The summed E-state index contributed by atoms with van der Waals surface area (Å²) >= 11 is 0. The first kappa shape index (κ1) is 29.2. The lowest BCUT2D eigenvalue weighted by Gasteiger charge is -2.23. The Hall–Kier alpha value is -2.77. The molecule has 11 N–H and O–H groups in total. The molecule has 0 radical (unpaired) electrons. The van der Waals surface area contributed by atoms with Gasteiger partial charge in [-0.2, -0.15) is 0 Å². The summed E-state index contributed by atoms with van der Waals surface area (Å²) < 4.78 is 0. The highest BCUT2D eigenvalue weighted by atomic mass is 16.4. The van der Waals surface area contributed by atoms with Crippen LogP contribution in [0.4, 0.5) is 0 Å². The summed E-state index contributed by atoms with van der Waals surface area (Å²) in [5.41, 5.74) is 16.8. The number of hydrogen-bond donors (Lipinski definition) is 8. The van der Waals surface area contributed by atoms with Crippen LogP contribution in [0.15, 0.2) is 0 Å². The van der Waals surface area contributed by atoms with Crippen LogP contribution >= 0.6 is 0 Å². The number of unbranched alkanes of at least 4 members (excludes halogenated alkanes) is 2. The van der Waals surface area contributed by atoms with Crippen LogP contribution in [0.3, 0.4) is 0 Å². The highest BCUT2D eigenvalue weighted by Crippen LogP contribution is 2.05. The Bertz CT molecular complexity index is 646. The van der Waals surface area contributed by atoms with Crippen molar-refractivity contribution in [3.63, 3.8) is 0 Å². The molecule has 0 bridgehead atoms. The number of carbonyl (C=O) groups is 5. The monoisotopic (exact) mass is 460 g/mol. The van der Waals surface area contributed by atoms with Crippen molar-refractivity contribution < 1.29 is 34.2 Å². The molecule has 0 aromatic carbocycles. The molecule has 13 heteroatoms. The number of carboxylic acid groups (broad SMARTS) is 2. The summed E-state index contributed by atoms with van der Waals surface area (Å²) in [4.78, 5) is 59.1. The Kier molecular flexibility index (Phi) is 14.6. The third-order valence-electron chi connectivity index (χ3n) is 4.63. The van der Waals surface area contributed by atoms with Gasteiger partial charge in [0.05, 0.1) is 12.5 Å². The van der Waals surface area contributed by atoms with Gasteiger partial charge in [0, 0.05) is 0 Å². The molecule has 0 aromatic heterocycles. The molecule has 0 saturated carbocycles. The standard InChI is InChI=1S/C19H36N6O7/c1-11(16(28)25-14(19(31)32)10-15(26)27)23-18(30)13(7-3-5-9-21)24-17(29)12(22)6-2-4-8-20/h11-14H,2-10,20-22H2,1H3,(H,23,30)(H,24,29)(H,25,28)(H,26,27)(H,31,32). The predicted octanol–water partition coefficient (Wildman–Crippen LogP) is -2.39.